The minimum Gasteiger partial charge on any atom is -0.474 e. The van der Waals surface area contributed by atoms with Crippen LogP contribution in [0.5, 0.6) is 5.88 Å². The lowest BCUT2D eigenvalue weighted by atomic mass is 9.96. The molecule has 0 saturated carbocycles. The van der Waals surface area contributed by atoms with Crippen molar-refractivity contribution < 1.29 is 9.53 Å². The molecule has 3 aromatic rings. The average Bonchev–Trinajstić information content (AvgIpc) is 3.33. The second-order valence-electron chi connectivity index (χ2n) is 6.98. The number of aromatic nitrogens is 2. The van der Waals surface area contributed by atoms with E-state index in [2.05, 4.69) is 26.7 Å². The van der Waals surface area contributed by atoms with Crippen LogP contribution in [0.25, 0.3) is 22.8 Å². The Bertz CT molecular complexity index is 1230. The number of benzene rings is 1. The van der Waals surface area contributed by atoms with Crippen LogP contribution in [-0.2, 0) is 4.79 Å². The summed E-state index contributed by atoms with van der Waals surface area (Å²) in [6, 6.07) is 9.67. The van der Waals surface area contributed by atoms with Gasteiger partial charge >= 0.3 is 0 Å². The SMILES string of the molecule is Cc1c(-c2ccc3c(c2)/C(=C/c2cc(C#N)c[nH]2)C(=O)N3)cnc2c1NCCO2. The quantitative estimate of drug-likeness (QED) is 0.587. The zero-order chi connectivity index (χ0) is 20.0. The highest BCUT2D eigenvalue weighted by Gasteiger charge is 2.25. The highest BCUT2D eigenvalue weighted by atomic mass is 16.5. The van der Waals surface area contributed by atoms with Gasteiger partial charge in [-0.05, 0) is 42.3 Å². The Morgan fingerprint density at radius 3 is 3.00 bits per heavy atom. The summed E-state index contributed by atoms with van der Waals surface area (Å²) in [4.78, 5) is 20.0. The van der Waals surface area contributed by atoms with Crippen LogP contribution in [-0.4, -0.2) is 29.0 Å². The molecule has 0 spiro atoms. The number of aromatic amines is 1. The van der Waals surface area contributed by atoms with Crippen molar-refractivity contribution in [1.82, 2.24) is 9.97 Å². The molecule has 4 heterocycles. The van der Waals surface area contributed by atoms with Crippen molar-refractivity contribution in [2.75, 3.05) is 23.8 Å². The smallest absolute Gasteiger partial charge is 0.256 e. The van der Waals surface area contributed by atoms with Crippen LogP contribution in [0.2, 0.25) is 0 Å². The fraction of sp³-hybridized carbons (Fsp3) is 0.136. The minimum absolute atomic E-state index is 0.166. The van der Waals surface area contributed by atoms with Gasteiger partial charge in [-0.15, -0.1) is 0 Å². The highest BCUT2D eigenvalue weighted by molar-refractivity contribution is 6.35. The highest BCUT2D eigenvalue weighted by Crippen LogP contribution is 2.39. The summed E-state index contributed by atoms with van der Waals surface area (Å²) in [5, 5.41) is 15.3. The maximum Gasteiger partial charge on any atom is 0.256 e. The maximum absolute atomic E-state index is 12.5. The number of nitrogens with one attached hydrogen (secondary N) is 3. The van der Waals surface area contributed by atoms with Gasteiger partial charge in [-0.1, -0.05) is 6.07 Å². The third kappa shape index (κ3) is 2.82. The number of rotatable bonds is 2. The first-order valence-electron chi connectivity index (χ1n) is 9.26. The van der Waals surface area contributed by atoms with Gasteiger partial charge in [-0.25, -0.2) is 4.98 Å². The number of fused-ring (bicyclic) bond motifs is 2. The molecule has 0 atom stereocenters. The van der Waals surface area contributed by atoms with Crippen LogP contribution < -0.4 is 15.4 Å². The molecule has 142 valence electrons. The Balaban J connectivity index is 1.59. The molecule has 0 unspecified atom stereocenters. The van der Waals surface area contributed by atoms with Crippen molar-refractivity contribution in [3.63, 3.8) is 0 Å². The van der Waals surface area contributed by atoms with Crippen LogP contribution in [0.1, 0.15) is 22.4 Å². The minimum atomic E-state index is -0.166. The van der Waals surface area contributed by atoms with Crippen LogP contribution in [0.15, 0.2) is 36.7 Å². The predicted octanol–water partition coefficient (Wildman–Crippen LogP) is 3.55. The second kappa shape index (κ2) is 6.53. The summed E-state index contributed by atoms with van der Waals surface area (Å²) >= 11 is 0. The molecule has 2 aliphatic rings. The number of nitrogens with zero attached hydrogens (tertiary/aromatic N) is 2. The van der Waals surface area contributed by atoms with Crippen molar-refractivity contribution in [2.45, 2.75) is 6.92 Å². The fourth-order valence-corrected chi connectivity index (χ4v) is 3.73. The Labute approximate surface area is 167 Å². The topological polar surface area (TPSA) is 103 Å². The van der Waals surface area contributed by atoms with Gasteiger partial charge in [0.25, 0.3) is 5.91 Å². The van der Waals surface area contributed by atoms with Gasteiger partial charge in [0.1, 0.15) is 18.4 Å². The number of hydrogen-bond donors (Lipinski definition) is 3. The summed E-state index contributed by atoms with van der Waals surface area (Å²) < 4.78 is 5.61. The largest absolute Gasteiger partial charge is 0.474 e. The van der Waals surface area contributed by atoms with Gasteiger partial charge in [0, 0.05) is 41.4 Å². The molecule has 0 fully saturated rings. The molecular formula is C22H17N5O2. The van der Waals surface area contributed by atoms with Gasteiger partial charge in [-0.2, -0.15) is 5.26 Å². The van der Waals surface area contributed by atoms with Crippen molar-refractivity contribution in [3.8, 4) is 23.1 Å². The lowest BCUT2D eigenvalue weighted by molar-refractivity contribution is -0.110. The molecule has 0 radical (unpaired) electrons. The van der Waals surface area contributed by atoms with E-state index in [4.69, 9.17) is 10.00 Å². The number of anilines is 2. The van der Waals surface area contributed by atoms with Crippen molar-refractivity contribution in [1.29, 1.82) is 5.26 Å². The number of amides is 1. The van der Waals surface area contributed by atoms with Crippen molar-refractivity contribution in [2.24, 2.45) is 0 Å². The van der Waals surface area contributed by atoms with Crippen LogP contribution >= 0.6 is 0 Å². The first-order valence-corrected chi connectivity index (χ1v) is 9.26. The summed E-state index contributed by atoms with van der Waals surface area (Å²) in [6.07, 6.45) is 5.19. The normalized spacial score (nSPS) is 15.7. The van der Waals surface area contributed by atoms with E-state index in [0.717, 1.165) is 40.2 Å². The molecule has 2 aliphatic heterocycles. The Kier molecular flexibility index (Phi) is 3.85. The van der Waals surface area contributed by atoms with Crippen molar-refractivity contribution in [3.05, 3.63) is 59.0 Å². The predicted molar refractivity (Wildman–Crippen MR) is 110 cm³/mol. The number of carbonyl (C=O) groups excluding carboxylic acids is 1. The van der Waals surface area contributed by atoms with E-state index in [9.17, 15) is 4.79 Å². The Morgan fingerprint density at radius 2 is 2.17 bits per heavy atom. The summed E-state index contributed by atoms with van der Waals surface area (Å²) in [6.45, 7) is 3.38. The maximum atomic E-state index is 12.5. The molecule has 1 amide bonds. The lowest BCUT2D eigenvalue weighted by Crippen LogP contribution is -2.20. The molecule has 5 rings (SSSR count). The van der Waals surface area contributed by atoms with Gasteiger partial charge in [0.15, 0.2) is 0 Å². The summed E-state index contributed by atoms with van der Waals surface area (Å²) in [5.41, 5.74) is 7.29. The van der Waals surface area contributed by atoms with Gasteiger partial charge < -0.3 is 20.4 Å². The van der Waals surface area contributed by atoms with Crippen LogP contribution in [0.3, 0.4) is 0 Å². The van der Waals surface area contributed by atoms with Crippen LogP contribution in [0.4, 0.5) is 11.4 Å². The van der Waals surface area contributed by atoms with Crippen LogP contribution in [0, 0.1) is 18.3 Å². The van der Waals surface area contributed by atoms with Gasteiger partial charge in [0.05, 0.1) is 11.1 Å². The molecule has 7 nitrogen and oxygen atoms in total. The molecule has 1 aromatic carbocycles. The molecular weight excluding hydrogens is 366 g/mol. The Hall–Kier alpha value is -4.05. The monoisotopic (exact) mass is 383 g/mol. The molecule has 29 heavy (non-hydrogen) atoms. The zero-order valence-corrected chi connectivity index (χ0v) is 15.7. The molecule has 7 heteroatoms. The third-order valence-corrected chi connectivity index (χ3v) is 5.19. The fourth-order valence-electron chi connectivity index (χ4n) is 3.73. The molecule has 2 aromatic heterocycles. The van der Waals surface area contributed by atoms with E-state index in [1.165, 1.54) is 0 Å². The third-order valence-electron chi connectivity index (χ3n) is 5.19. The first kappa shape index (κ1) is 17.1. The van der Waals surface area contributed by atoms with E-state index in [1.807, 2.05) is 25.1 Å². The van der Waals surface area contributed by atoms with E-state index < -0.39 is 0 Å². The van der Waals surface area contributed by atoms with E-state index in [1.54, 1.807) is 24.5 Å². The number of H-pyrrole nitrogens is 1. The summed E-state index contributed by atoms with van der Waals surface area (Å²) in [7, 11) is 0. The first-order chi connectivity index (χ1) is 14.1. The molecule has 0 bridgehead atoms. The molecule has 3 N–H and O–H groups in total. The number of pyridine rings is 1. The van der Waals surface area contributed by atoms with Gasteiger partial charge in [-0.3, -0.25) is 4.79 Å². The van der Waals surface area contributed by atoms with E-state index >= 15 is 0 Å². The lowest BCUT2D eigenvalue weighted by Gasteiger charge is -2.21. The number of hydrogen-bond acceptors (Lipinski definition) is 5. The zero-order valence-electron chi connectivity index (χ0n) is 15.7. The standard InChI is InChI=1S/C22H17N5O2/c1-12-18(11-26-22-20(12)24-4-5-29-22)14-2-3-19-16(7-14)17(21(28)27-19)8-15-6-13(9-23)10-25-15/h2-3,6-8,10-11,24-25H,4-5H2,1H3,(H,27,28)/b17-8-. The second-order valence-corrected chi connectivity index (χ2v) is 6.98. The van der Waals surface area contributed by atoms with E-state index in [0.29, 0.717) is 29.3 Å². The summed E-state index contributed by atoms with van der Waals surface area (Å²) in [5.74, 6) is 0.455. The number of nitriles is 1. The average molecular weight is 383 g/mol. The number of carbonyl (C=O) groups is 1. The molecule has 0 aliphatic carbocycles. The van der Waals surface area contributed by atoms with Gasteiger partial charge in [0.2, 0.25) is 5.88 Å². The van der Waals surface area contributed by atoms with E-state index in [-0.39, 0.29) is 5.91 Å². The number of ether oxygens (including phenoxy) is 1. The Morgan fingerprint density at radius 1 is 1.28 bits per heavy atom. The van der Waals surface area contributed by atoms with Crippen molar-refractivity contribution >= 4 is 28.9 Å². The molecule has 0 saturated heterocycles.